The van der Waals surface area contributed by atoms with Crippen molar-refractivity contribution in [3.63, 3.8) is 0 Å². The van der Waals surface area contributed by atoms with Crippen molar-refractivity contribution in [3.8, 4) is 0 Å². The number of carbonyl (C=O) groups is 1. The number of hydrogen-bond acceptors (Lipinski definition) is 3. The molecule has 19 heavy (non-hydrogen) atoms. The normalized spacial score (nSPS) is 12.4. The molecule has 1 heterocycles. The molecule has 0 saturated heterocycles. The molecule has 0 spiro atoms. The Morgan fingerprint density at radius 2 is 2.00 bits per heavy atom. The van der Waals surface area contributed by atoms with Gasteiger partial charge in [-0.1, -0.05) is 32.6 Å². The van der Waals surface area contributed by atoms with Crippen LogP contribution in [0.25, 0.3) is 0 Å². The zero-order chi connectivity index (χ0) is 14.4. The zero-order valence-electron chi connectivity index (χ0n) is 11.9. The summed E-state index contributed by atoms with van der Waals surface area (Å²) in [5.41, 5.74) is -1.01. The second kappa shape index (κ2) is 7.07. The monoisotopic (exact) mass is 266 g/mol. The van der Waals surface area contributed by atoms with Crippen LogP contribution in [0.1, 0.15) is 69.3 Å². The summed E-state index contributed by atoms with van der Waals surface area (Å²) in [5.74, 6) is -0.326. The number of ketones is 1. The Morgan fingerprint density at radius 1 is 1.32 bits per heavy atom. The summed E-state index contributed by atoms with van der Waals surface area (Å²) in [6.07, 6.45) is 6.78. The van der Waals surface area contributed by atoms with Crippen LogP contribution in [0.5, 0.6) is 0 Å². The topological polar surface area (TPSA) is 71.9 Å². The van der Waals surface area contributed by atoms with Crippen molar-refractivity contribution in [2.45, 2.75) is 58.9 Å². The van der Waals surface area contributed by atoms with Crippen LogP contribution >= 0.6 is 0 Å². The van der Waals surface area contributed by atoms with Crippen LogP contribution in [0.2, 0.25) is 0 Å². The van der Waals surface area contributed by atoms with E-state index in [-0.39, 0.29) is 17.4 Å². The maximum atomic E-state index is 11.7. The average Bonchev–Trinajstić information content (AvgIpc) is 2.34. The van der Waals surface area contributed by atoms with Crippen molar-refractivity contribution in [2.75, 3.05) is 0 Å². The Hall–Kier alpha value is -1.65. The molecule has 0 radical (unpaired) electrons. The van der Waals surface area contributed by atoms with Gasteiger partial charge in [0, 0.05) is 12.2 Å². The van der Waals surface area contributed by atoms with E-state index >= 15 is 0 Å². The Kier molecular flexibility index (Phi) is 5.73. The first-order valence-electron chi connectivity index (χ1n) is 6.83. The molecule has 106 valence electrons. The zero-order valence-corrected chi connectivity index (χ0v) is 11.9. The Morgan fingerprint density at radius 3 is 2.58 bits per heavy atom. The maximum Gasteiger partial charge on any atom is 0.328 e. The molecule has 1 rings (SSSR count). The first kappa shape index (κ1) is 15.4. The number of H-pyrrole nitrogens is 1. The first-order valence-corrected chi connectivity index (χ1v) is 6.83. The fourth-order valence-electron chi connectivity index (χ4n) is 2.07. The molecule has 0 amide bonds. The number of nitrogens with zero attached hydrogens (tertiary/aromatic N) is 1. The summed E-state index contributed by atoms with van der Waals surface area (Å²) >= 11 is 0. The highest BCUT2D eigenvalue weighted by Gasteiger charge is 2.12. The highest BCUT2D eigenvalue weighted by molar-refractivity contribution is 5.93. The smallest absolute Gasteiger partial charge is 0.297 e. The summed E-state index contributed by atoms with van der Waals surface area (Å²) < 4.78 is 1.45. The maximum absolute atomic E-state index is 11.7. The van der Waals surface area contributed by atoms with Gasteiger partial charge in [-0.2, -0.15) is 0 Å². The number of carbonyl (C=O) groups excluding carboxylic acids is 1. The molecule has 1 aromatic heterocycles. The van der Waals surface area contributed by atoms with Crippen molar-refractivity contribution >= 4 is 5.78 Å². The number of rotatable bonds is 7. The number of aromatic nitrogens is 2. The van der Waals surface area contributed by atoms with Gasteiger partial charge >= 0.3 is 5.69 Å². The van der Waals surface area contributed by atoms with E-state index < -0.39 is 11.2 Å². The molecule has 1 atom stereocenters. The first-order chi connectivity index (χ1) is 8.97. The summed E-state index contributed by atoms with van der Waals surface area (Å²) in [6.45, 7) is 5.40. The van der Waals surface area contributed by atoms with Gasteiger partial charge in [0.1, 0.15) is 0 Å². The van der Waals surface area contributed by atoms with Gasteiger partial charge in [-0.15, -0.1) is 0 Å². The van der Waals surface area contributed by atoms with E-state index in [4.69, 9.17) is 0 Å². The summed E-state index contributed by atoms with van der Waals surface area (Å²) in [6, 6.07) is -0.0145. The van der Waals surface area contributed by atoms with E-state index in [1.54, 1.807) is 0 Å². The highest BCUT2D eigenvalue weighted by Crippen LogP contribution is 2.13. The van der Waals surface area contributed by atoms with E-state index in [1.165, 1.54) is 30.5 Å². The second-order valence-electron chi connectivity index (χ2n) is 4.96. The minimum absolute atomic E-state index is 0.0145. The third-order valence-corrected chi connectivity index (χ3v) is 3.30. The largest absolute Gasteiger partial charge is 0.328 e. The van der Waals surface area contributed by atoms with E-state index in [9.17, 15) is 14.4 Å². The molecule has 0 unspecified atom stereocenters. The third kappa shape index (κ3) is 4.19. The molecular weight excluding hydrogens is 244 g/mol. The van der Waals surface area contributed by atoms with Crippen LogP contribution in [0.4, 0.5) is 0 Å². The van der Waals surface area contributed by atoms with Gasteiger partial charge < -0.3 is 0 Å². The number of unbranched alkanes of at least 4 members (excludes halogenated alkanes) is 3. The molecule has 0 saturated carbocycles. The van der Waals surface area contributed by atoms with E-state index in [0.717, 1.165) is 19.3 Å². The molecule has 0 aliphatic heterocycles. The van der Waals surface area contributed by atoms with Crippen molar-refractivity contribution in [2.24, 2.45) is 0 Å². The molecule has 1 N–H and O–H groups in total. The van der Waals surface area contributed by atoms with Crippen LogP contribution in [-0.4, -0.2) is 15.3 Å². The standard InChI is InChI=1S/C14H22N2O3/c1-4-5-6-7-8-10(2)16-9-12(11(3)17)13(18)15-14(16)19/h9-10H,4-8H2,1-3H3,(H,15,18,19)/t10-/m1/s1. The predicted molar refractivity (Wildman–Crippen MR) is 74.8 cm³/mol. The van der Waals surface area contributed by atoms with Gasteiger partial charge in [0.15, 0.2) is 5.78 Å². The summed E-state index contributed by atoms with van der Waals surface area (Å²) in [7, 11) is 0. The Balaban J connectivity index is 2.87. The molecule has 5 nitrogen and oxygen atoms in total. The fraction of sp³-hybridized carbons (Fsp3) is 0.643. The second-order valence-corrected chi connectivity index (χ2v) is 4.96. The Bertz CT molecular complexity index is 542. The minimum Gasteiger partial charge on any atom is -0.297 e. The predicted octanol–water partition coefficient (Wildman–Crippen LogP) is 2.27. The lowest BCUT2D eigenvalue weighted by Crippen LogP contribution is -2.34. The fourth-order valence-corrected chi connectivity index (χ4v) is 2.07. The van der Waals surface area contributed by atoms with E-state index in [1.807, 2.05) is 6.92 Å². The molecule has 0 bridgehead atoms. The van der Waals surface area contributed by atoms with Crippen LogP contribution in [0, 0.1) is 0 Å². The molecule has 1 aromatic rings. The van der Waals surface area contributed by atoms with Crippen molar-refractivity contribution in [1.29, 1.82) is 0 Å². The number of Topliss-reactive ketones (excluding diaryl/α,β-unsaturated/α-hetero) is 1. The van der Waals surface area contributed by atoms with Crippen molar-refractivity contribution < 1.29 is 4.79 Å². The van der Waals surface area contributed by atoms with Gasteiger partial charge in [-0.3, -0.25) is 19.1 Å². The summed E-state index contributed by atoms with van der Waals surface area (Å²) in [5, 5.41) is 0. The van der Waals surface area contributed by atoms with Crippen LogP contribution in [0.15, 0.2) is 15.8 Å². The van der Waals surface area contributed by atoms with Crippen molar-refractivity contribution in [1.82, 2.24) is 9.55 Å². The number of aromatic amines is 1. The number of nitrogens with one attached hydrogen (secondary N) is 1. The average molecular weight is 266 g/mol. The summed E-state index contributed by atoms with van der Waals surface area (Å²) in [4.78, 5) is 36.7. The molecule has 0 aromatic carbocycles. The van der Waals surface area contributed by atoms with E-state index in [0.29, 0.717) is 0 Å². The van der Waals surface area contributed by atoms with Gasteiger partial charge in [-0.25, -0.2) is 4.79 Å². The molecule has 0 aliphatic carbocycles. The lowest BCUT2D eigenvalue weighted by molar-refractivity contribution is 0.101. The SMILES string of the molecule is CCCCCC[C@@H](C)n1cc(C(C)=O)c(=O)[nH]c1=O. The molecule has 5 heteroatoms. The molecule has 0 fully saturated rings. The van der Waals surface area contributed by atoms with Crippen LogP contribution < -0.4 is 11.2 Å². The van der Waals surface area contributed by atoms with E-state index in [2.05, 4.69) is 11.9 Å². The van der Waals surface area contributed by atoms with Crippen molar-refractivity contribution in [3.05, 3.63) is 32.6 Å². The lowest BCUT2D eigenvalue weighted by Gasteiger charge is -2.15. The van der Waals surface area contributed by atoms with Crippen LogP contribution in [0.3, 0.4) is 0 Å². The third-order valence-electron chi connectivity index (χ3n) is 3.30. The van der Waals surface area contributed by atoms with Crippen LogP contribution in [-0.2, 0) is 0 Å². The van der Waals surface area contributed by atoms with Gasteiger partial charge in [0.25, 0.3) is 5.56 Å². The van der Waals surface area contributed by atoms with Gasteiger partial charge in [0.2, 0.25) is 0 Å². The molecular formula is C14H22N2O3. The van der Waals surface area contributed by atoms with Gasteiger partial charge in [-0.05, 0) is 20.3 Å². The Labute approximate surface area is 112 Å². The number of hydrogen-bond donors (Lipinski definition) is 1. The quantitative estimate of drug-likeness (QED) is 0.608. The lowest BCUT2D eigenvalue weighted by atomic mass is 10.1. The highest BCUT2D eigenvalue weighted by atomic mass is 16.2. The minimum atomic E-state index is -0.605. The molecule has 0 aliphatic rings. The van der Waals surface area contributed by atoms with Gasteiger partial charge in [0.05, 0.1) is 5.56 Å².